The molecule has 4 heteroatoms. The normalized spacial score (nSPS) is 9.68. The van der Waals surface area contributed by atoms with Crippen LogP contribution in [0.15, 0.2) is 42.5 Å². The molecule has 0 fully saturated rings. The third kappa shape index (κ3) is 2.55. The third-order valence-electron chi connectivity index (χ3n) is 2.75. The largest absolute Gasteiger partial charge is 0.496 e. The Balaban J connectivity index is 2.61. The highest BCUT2D eigenvalue weighted by molar-refractivity contribution is 5.90. The van der Waals surface area contributed by atoms with E-state index in [1.807, 2.05) is 6.07 Å². The number of hydrogen-bond acceptors (Lipinski definition) is 3. The van der Waals surface area contributed by atoms with Crippen LogP contribution in [0.25, 0.3) is 11.1 Å². The van der Waals surface area contributed by atoms with E-state index < -0.39 is 5.97 Å². The van der Waals surface area contributed by atoms with Crippen molar-refractivity contribution < 1.29 is 14.6 Å². The number of aromatic carboxylic acids is 1. The Labute approximate surface area is 110 Å². The first-order chi connectivity index (χ1) is 9.15. The van der Waals surface area contributed by atoms with E-state index in [0.29, 0.717) is 16.9 Å². The molecule has 0 aromatic heterocycles. The molecule has 0 saturated heterocycles. The molecule has 0 radical (unpaired) electrons. The van der Waals surface area contributed by atoms with Gasteiger partial charge in [0.2, 0.25) is 0 Å². The van der Waals surface area contributed by atoms with Crippen molar-refractivity contribution in [1.82, 2.24) is 0 Å². The van der Waals surface area contributed by atoms with Gasteiger partial charge in [-0.05, 0) is 35.9 Å². The van der Waals surface area contributed by atoms with Gasteiger partial charge in [-0.1, -0.05) is 12.1 Å². The van der Waals surface area contributed by atoms with Gasteiger partial charge in [-0.3, -0.25) is 0 Å². The molecular weight excluding hydrogens is 242 g/mol. The van der Waals surface area contributed by atoms with Crippen molar-refractivity contribution >= 4 is 5.97 Å². The first-order valence-corrected chi connectivity index (χ1v) is 5.57. The number of nitrogens with zero attached hydrogens (tertiary/aromatic N) is 1. The minimum absolute atomic E-state index is 0.179. The van der Waals surface area contributed by atoms with Gasteiger partial charge in [-0.25, -0.2) is 4.79 Å². The van der Waals surface area contributed by atoms with Gasteiger partial charge in [0.05, 0.1) is 24.3 Å². The zero-order valence-electron chi connectivity index (χ0n) is 10.3. The van der Waals surface area contributed by atoms with E-state index in [4.69, 9.17) is 15.1 Å². The fourth-order valence-electron chi connectivity index (χ4n) is 1.82. The Hall–Kier alpha value is -2.80. The quantitative estimate of drug-likeness (QED) is 0.912. The summed E-state index contributed by atoms with van der Waals surface area (Å²) in [7, 11) is 1.52. The smallest absolute Gasteiger partial charge is 0.335 e. The van der Waals surface area contributed by atoms with Crippen molar-refractivity contribution in [2.24, 2.45) is 0 Å². The fourth-order valence-corrected chi connectivity index (χ4v) is 1.82. The van der Waals surface area contributed by atoms with E-state index in [1.54, 1.807) is 24.3 Å². The van der Waals surface area contributed by atoms with Gasteiger partial charge in [0, 0.05) is 5.56 Å². The molecule has 0 aliphatic heterocycles. The second kappa shape index (κ2) is 5.23. The molecule has 4 nitrogen and oxygen atoms in total. The maximum absolute atomic E-state index is 11.0. The molecule has 94 valence electrons. The van der Waals surface area contributed by atoms with E-state index >= 15 is 0 Å². The van der Waals surface area contributed by atoms with Crippen LogP contribution in [0.2, 0.25) is 0 Å². The number of hydrogen-bond donors (Lipinski definition) is 1. The van der Waals surface area contributed by atoms with Crippen LogP contribution in [0.1, 0.15) is 15.9 Å². The van der Waals surface area contributed by atoms with Crippen LogP contribution in [0.3, 0.4) is 0 Å². The van der Waals surface area contributed by atoms with E-state index in [1.165, 1.54) is 19.2 Å². The molecule has 1 N–H and O–H groups in total. The summed E-state index contributed by atoms with van der Waals surface area (Å²) >= 11 is 0. The highest BCUT2D eigenvalue weighted by Crippen LogP contribution is 2.31. The van der Waals surface area contributed by atoms with Crippen LogP contribution in [-0.2, 0) is 0 Å². The molecule has 2 rings (SSSR count). The predicted octanol–water partition coefficient (Wildman–Crippen LogP) is 2.93. The van der Waals surface area contributed by atoms with Gasteiger partial charge in [-0.15, -0.1) is 0 Å². The summed E-state index contributed by atoms with van der Waals surface area (Å²) in [6, 6.07) is 13.6. The minimum Gasteiger partial charge on any atom is -0.496 e. The number of carboxylic acid groups (broad SMARTS) is 1. The molecule has 2 aromatic carbocycles. The molecule has 0 saturated carbocycles. The van der Waals surface area contributed by atoms with Crippen LogP contribution < -0.4 is 4.74 Å². The van der Waals surface area contributed by atoms with Gasteiger partial charge in [0.1, 0.15) is 5.75 Å². The molecule has 0 bridgehead atoms. The topological polar surface area (TPSA) is 70.3 Å². The lowest BCUT2D eigenvalue weighted by Crippen LogP contribution is -1.98. The zero-order valence-corrected chi connectivity index (χ0v) is 10.3. The van der Waals surface area contributed by atoms with Crippen molar-refractivity contribution in [3.05, 3.63) is 53.6 Å². The maximum Gasteiger partial charge on any atom is 0.335 e. The SMILES string of the molecule is COc1ccc(C(=O)O)cc1-c1cccc(C#N)c1. The Morgan fingerprint density at radius 2 is 2.05 bits per heavy atom. The maximum atomic E-state index is 11.0. The summed E-state index contributed by atoms with van der Waals surface area (Å²) in [5.41, 5.74) is 2.09. The lowest BCUT2D eigenvalue weighted by Gasteiger charge is -2.10. The van der Waals surface area contributed by atoms with Crippen molar-refractivity contribution in [2.75, 3.05) is 7.11 Å². The number of rotatable bonds is 3. The Bertz CT molecular complexity index is 671. The lowest BCUT2D eigenvalue weighted by atomic mass is 10.0. The average molecular weight is 253 g/mol. The molecule has 0 spiro atoms. The summed E-state index contributed by atoms with van der Waals surface area (Å²) in [4.78, 5) is 11.0. The summed E-state index contributed by atoms with van der Waals surface area (Å²) in [5, 5.41) is 17.9. The summed E-state index contributed by atoms with van der Waals surface area (Å²) in [5.74, 6) is -0.430. The van der Waals surface area contributed by atoms with Gasteiger partial charge >= 0.3 is 5.97 Å². The predicted molar refractivity (Wildman–Crippen MR) is 70.1 cm³/mol. The third-order valence-corrected chi connectivity index (χ3v) is 2.75. The number of methoxy groups -OCH3 is 1. The number of ether oxygens (including phenoxy) is 1. The Morgan fingerprint density at radius 1 is 1.26 bits per heavy atom. The van der Waals surface area contributed by atoms with E-state index in [-0.39, 0.29) is 5.56 Å². The van der Waals surface area contributed by atoms with Gasteiger partial charge in [0.15, 0.2) is 0 Å². The summed E-state index contributed by atoms with van der Waals surface area (Å²) < 4.78 is 5.23. The van der Waals surface area contributed by atoms with Crippen LogP contribution in [0.4, 0.5) is 0 Å². The standard InChI is InChI=1S/C15H11NO3/c1-19-14-6-5-12(15(17)18)8-13(14)11-4-2-3-10(7-11)9-16/h2-8H,1H3,(H,17,18). The van der Waals surface area contributed by atoms with Crippen molar-refractivity contribution in [3.63, 3.8) is 0 Å². The molecule has 0 aliphatic carbocycles. The van der Waals surface area contributed by atoms with Crippen LogP contribution in [-0.4, -0.2) is 18.2 Å². The monoisotopic (exact) mass is 253 g/mol. The van der Waals surface area contributed by atoms with Gasteiger partial charge in [0.25, 0.3) is 0 Å². The highest BCUT2D eigenvalue weighted by atomic mass is 16.5. The molecule has 2 aromatic rings. The van der Waals surface area contributed by atoms with E-state index in [0.717, 1.165) is 5.56 Å². The molecule has 0 heterocycles. The van der Waals surface area contributed by atoms with Crippen LogP contribution in [0.5, 0.6) is 5.75 Å². The number of carboxylic acids is 1. The second-order valence-corrected chi connectivity index (χ2v) is 3.91. The fraction of sp³-hybridized carbons (Fsp3) is 0.0667. The van der Waals surface area contributed by atoms with Crippen LogP contribution in [0, 0.1) is 11.3 Å². The summed E-state index contributed by atoms with van der Waals surface area (Å²) in [6.07, 6.45) is 0. The minimum atomic E-state index is -1.000. The summed E-state index contributed by atoms with van der Waals surface area (Å²) in [6.45, 7) is 0. The molecule has 0 aliphatic rings. The zero-order chi connectivity index (χ0) is 13.8. The van der Waals surface area contributed by atoms with Crippen molar-refractivity contribution in [2.45, 2.75) is 0 Å². The Morgan fingerprint density at radius 3 is 2.68 bits per heavy atom. The number of benzene rings is 2. The van der Waals surface area contributed by atoms with Gasteiger partial charge in [-0.2, -0.15) is 5.26 Å². The lowest BCUT2D eigenvalue weighted by molar-refractivity contribution is 0.0697. The molecule has 0 atom stereocenters. The first kappa shape index (κ1) is 12.7. The molecule has 0 amide bonds. The number of nitriles is 1. The molecule has 0 unspecified atom stereocenters. The average Bonchev–Trinajstić information content (AvgIpc) is 2.46. The first-order valence-electron chi connectivity index (χ1n) is 5.57. The highest BCUT2D eigenvalue weighted by Gasteiger charge is 2.11. The van der Waals surface area contributed by atoms with Crippen LogP contribution >= 0.6 is 0 Å². The van der Waals surface area contributed by atoms with E-state index in [9.17, 15) is 4.79 Å². The molecule has 19 heavy (non-hydrogen) atoms. The second-order valence-electron chi connectivity index (χ2n) is 3.91. The molecular formula is C15H11NO3. The van der Waals surface area contributed by atoms with Crippen molar-refractivity contribution in [1.29, 1.82) is 5.26 Å². The Kier molecular flexibility index (Phi) is 3.48. The van der Waals surface area contributed by atoms with Crippen molar-refractivity contribution in [3.8, 4) is 22.9 Å². The van der Waals surface area contributed by atoms with Gasteiger partial charge < -0.3 is 9.84 Å². The van der Waals surface area contributed by atoms with E-state index in [2.05, 4.69) is 6.07 Å². The number of carbonyl (C=O) groups is 1.